The van der Waals surface area contributed by atoms with Gasteiger partial charge in [0.05, 0.1) is 0 Å². The second-order valence-electron chi connectivity index (χ2n) is 0.0431. The molecule has 0 bridgehead atoms. The van der Waals surface area contributed by atoms with Crippen LogP contribution in [0, 0.1) is 0 Å². The summed E-state index contributed by atoms with van der Waals surface area (Å²) in [5.74, 6) is 0. The van der Waals surface area contributed by atoms with Gasteiger partial charge in [-0.25, -0.2) is 0 Å². The van der Waals surface area contributed by atoms with E-state index in [0.717, 1.165) is 0 Å². The summed E-state index contributed by atoms with van der Waals surface area (Å²) < 4.78 is 0. The summed E-state index contributed by atoms with van der Waals surface area (Å²) in [7, 11) is 9.72. The smallest absolute Gasteiger partial charge is 0 e. The fraction of sp³-hybridized carbons (Fsp3) is 0. The van der Waals surface area contributed by atoms with Gasteiger partial charge < -0.3 is 0 Å². The van der Waals surface area contributed by atoms with Crippen molar-refractivity contribution >= 4 is 69.8 Å². The third-order valence-corrected chi connectivity index (χ3v) is 0. The second kappa shape index (κ2) is 9.35. The maximum Gasteiger partial charge on any atom is 0 e. The second-order valence-corrected chi connectivity index (χ2v) is 3.17. The summed E-state index contributed by atoms with van der Waals surface area (Å²) in [6.07, 6.45) is 0. The van der Waals surface area contributed by atoms with Gasteiger partial charge in [-0.1, -0.05) is 0 Å². The molecule has 0 rings (SSSR count). The molecule has 0 aliphatic rings. The summed E-state index contributed by atoms with van der Waals surface area (Å²) in [4.78, 5) is 0. The summed E-state index contributed by atoms with van der Waals surface area (Å²) in [6, 6.07) is 0. The zero-order chi connectivity index (χ0) is 2.71. The van der Waals surface area contributed by atoms with Crippen LogP contribution in [-0.2, 0) is 17.6 Å². The van der Waals surface area contributed by atoms with E-state index in [1.54, 1.807) is 0 Å². The van der Waals surface area contributed by atoms with Crippen molar-refractivity contribution in [3.63, 3.8) is 0 Å². The maximum atomic E-state index is 4.86. The Morgan fingerprint density at radius 1 is 1.25 bits per heavy atom. The molecule has 1 radical (unpaired) electrons. The van der Waals surface area contributed by atoms with E-state index >= 15 is 0 Å². The fourth-order valence-corrected chi connectivity index (χ4v) is 0. The maximum absolute atomic E-state index is 4.86. The van der Waals surface area contributed by atoms with Crippen molar-refractivity contribution in [2.75, 3.05) is 0 Å². The summed E-state index contributed by atoms with van der Waals surface area (Å²) in [5.41, 5.74) is 0. The third kappa shape index (κ3) is 8.88. The van der Waals surface area contributed by atoms with E-state index in [4.69, 9.17) is 18.4 Å². The standard InChI is InChI=1S/Au.2ClH.K/h;2*1H;/q+2;;;/p-2. The van der Waals surface area contributed by atoms with E-state index in [9.17, 15) is 0 Å². The molecule has 0 fully saturated rings. The van der Waals surface area contributed by atoms with Gasteiger partial charge in [-0.15, -0.1) is 0 Å². The largest absolute Gasteiger partial charge is 0 e. The zero-order valence-electron chi connectivity index (χ0n) is 2.06. The molecule has 0 N–H and O–H groups in total. The minimum Gasteiger partial charge on any atom is 0 e. The molecule has 0 spiro atoms. The molecule has 0 aliphatic carbocycles. The van der Waals surface area contributed by atoms with Crippen LogP contribution in [0.15, 0.2) is 0 Å². The molecule has 0 nitrogen and oxygen atoms in total. The normalized spacial score (nSPS) is 5.50. The summed E-state index contributed by atoms with van der Waals surface area (Å²) in [6.45, 7) is 0. The van der Waals surface area contributed by atoms with Gasteiger partial charge in [0.15, 0.2) is 0 Å². The first-order valence-corrected chi connectivity index (χ1v) is 5.60. The van der Waals surface area contributed by atoms with Crippen LogP contribution >= 0.6 is 18.4 Å². The van der Waals surface area contributed by atoms with Gasteiger partial charge >= 0.3 is 36.0 Å². The van der Waals surface area contributed by atoms with Crippen LogP contribution in [0.5, 0.6) is 0 Å². The van der Waals surface area contributed by atoms with Crippen LogP contribution in [0.1, 0.15) is 0 Å². The molecule has 4 heteroatoms. The molecule has 0 aromatic carbocycles. The van der Waals surface area contributed by atoms with Crippen molar-refractivity contribution in [2.45, 2.75) is 0 Å². The summed E-state index contributed by atoms with van der Waals surface area (Å²) >= 11 is -0.389. The zero-order valence-corrected chi connectivity index (χ0v) is 8.86. The topological polar surface area (TPSA) is 0 Å². The molecule has 0 saturated heterocycles. The average Bonchev–Trinajstić information content (AvgIpc) is 0.918. The van der Waals surface area contributed by atoms with Crippen molar-refractivity contribution in [3.05, 3.63) is 0 Å². The molecule has 26 valence electrons. The first-order chi connectivity index (χ1) is 1.41. The quantitative estimate of drug-likeness (QED) is 0.586. The fourth-order valence-electron chi connectivity index (χ4n) is 0. The Morgan fingerprint density at radius 3 is 1.25 bits per heavy atom. The van der Waals surface area contributed by atoms with Gasteiger partial charge in [-0.05, 0) is 0 Å². The number of rotatable bonds is 0. The molecule has 0 unspecified atom stereocenters. The van der Waals surface area contributed by atoms with Gasteiger partial charge in [0.2, 0.25) is 0 Å². The molecule has 4 heavy (non-hydrogen) atoms. The molecule has 0 atom stereocenters. The molecule has 0 aliphatic heterocycles. The van der Waals surface area contributed by atoms with E-state index in [-0.39, 0.29) is 69.0 Å². The minimum atomic E-state index is -0.389. The van der Waals surface area contributed by atoms with Crippen LogP contribution in [-0.4, -0.2) is 51.4 Å². The molecular formula is AuCl2K. The Hall–Kier alpha value is 2.96. The Bertz CT molecular complexity index is 6.00. The first-order valence-electron chi connectivity index (χ1n) is 0.228. The van der Waals surface area contributed by atoms with Crippen molar-refractivity contribution < 1.29 is 17.6 Å². The Morgan fingerprint density at radius 2 is 1.25 bits per heavy atom. The number of hydrogen-bond acceptors (Lipinski definition) is 0. The van der Waals surface area contributed by atoms with E-state index < -0.39 is 0 Å². The van der Waals surface area contributed by atoms with Crippen LogP contribution in [0.3, 0.4) is 0 Å². The van der Waals surface area contributed by atoms with Gasteiger partial charge in [-0.3, -0.25) is 0 Å². The van der Waals surface area contributed by atoms with Crippen molar-refractivity contribution in [3.8, 4) is 0 Å². The van der Waals surface area contributed by atoms with Crippen molar-refractivity contribution in [2.24, 2.45) is 0 Å². The molecule has 0 saturated carbocycles. The van der Waals surface area contributed by atoms with Gasteiger partial charge in [-0.2, -0.15) is 0 Å². The predicted molar refractivity (Wildman–Crippen MR) is 17.5 cm³/mol. The molecule has 0 heterocycles. The average molecular weight is 307 g/mol. The van der Waals surface area contributed by atoms with Crippen LogP contribution < -0.4 is 0 Å². The van der Waals surface area contributed by atoms with E-state index in [1.165, 1.54) is 0 Å². The van der Waals surface area contributed by atoms with Gasteiger partial charge in [0, 0.05) is 51.4 Å². The van der Waals surface area contributed by atoms with E-state index in [2.05, 4.69) is 0 Å². The molecule has 0 aromatic heterocycles. The Balaban J connectivity index is 0. The monoisotopic (exact) mass is 306 g/mol. The first kappa shape index (κ1) is 10.0. The molecular weight excluding hydrogens is 307 g/mol. The van der Waals surface area contributed by atoms with Crippen molar-refractivity contribution in [1.29, 1.82) is 0 Å². The van der Waals surface area contributed by atoms with Gasteiger partial charge in [0.25, 0.3) is 0 Å². The minimum absolute atomic E-state index is 0. The predicted octanol–water partition coefficient (Wildman–Crippen LogP) is 0.996. The summed E-state index contributed by atoms with van der Waals surface area (Å²) in [5, 5.41) is 0. The Labute approximate surface area is 85.0 Å². The van der Waals surface area contributed by atoms with Crippen LogP contribution in [0.4, 0.5) is 0 Å². The van der Waals surface area contributed by atoms with Crippen molar-refractivity contribution in [1.82, 2.24) is 0 Å². The van der Waals surface area contributed by atoms with Crippen LogP contribution in [0.25, 0.3) is 0 Å². The molecule has 0 amide bonds. The van der Waals surface area contributed by atoms with Gasteiger partial charge in [0.1, 0.15) is 0 Å². The third-order valence-electron chi connectivity index (χ3n) is 0. The number of hydrogen-bond donors (Lipinski definition) is 0. The Kier molecular flexibility index (Phi) is 23.5. The van der Waals surface area contributed by atoms with Crippen LogP contribution in [0.2, 0.25) is 0 Å². The van der Waals surface area contributed by atoms with E-state index in [1.807, 2.05) is 0 Å². The number of halogens is 2. The molecule has 0 aromatic rings. The SMILES string of the molecule is [Cl][Au][Cl].[K]. The van der Waals surface area contributed by atoms with E-state index in [0.29, 0.717) is 0 Å².